The van der Waals surface area contributed by atoms with Gasteiger partial charge in [-0.3, -0.25) is 0 Å². The summed E-state index contributed by atoms with van der Waals surface area (Å²) in [6, 6.07) is 0. The van der Waals surface area contributed by atoms with Crippen molar-refractivity contribution >= 4 is 9.05 Å². The maximum atomic E-state index is 9.69. The number of rotatable bonds is 17. The first-order chi connectivity index (χ1) is 10.7. The lowest BCUT2D eigenvalue weighted by atomic mass is 10.0. The Morgan fingerprint density at radius 2 is 1.00 bits per heavy atom. The summed E-state index contributed by atoms with van der Waals surface area (Å²) < 4.78 is 15.0. The molecule has 22 heavy (non-hydrogen) atoms. The molecule has 0 unspecified atom stereocenters. The van der Waals surface area contributed by atoms with Crippen molar-refractivity contribution < 1.29 is 18.1 Å². The highest BCUT2D eigenvalue weighted by atomic mass is 28.4. The molecule has 4 nitrogen and oxygen atoms in total. The van der Waals surface area contributed by atoms with Crippen LogP contribution in [0.5, 0.6) is 0 Å². The van der Waals surface area contributed by atoms with Crippen LogP contribution in [-0.4, -0.2) is 34.7 Å². The molecule has 0 aliphatic rings. The molecule has 0 radical (unpaired) electrons. The van der Waals surface area contributed by atoms with Crippen molar-refractivity contribution in [3.63, 3.8) is 0 Å². The fourth-order valence-corrected chi connectivity index (χ4v) is 3.33. The van der Waals surface area contributed by atoms with Gasteiger partial charge in [0.15, 0.2) is 0 Å². The van der Waals surface area contributed by atoms with Crippen LogP contribution in [0.2, 0.25) is 0 Å². The first-order valence-electron chi connectivity index (χ1n) is 9.15. The Labute approximate surface area is 139 Å². The molecule has 0 aromatic carbocycles. The Hall–Kier alpha value is 0.0569. The van der Waals surface area contributed by atoms with E-state index in [-0.39, 0.29) is 0 Å². The highest BCUT2D eigenvalue weighted by Crippen LogP contribution is 2.12. The molecule has 0 amide bonds. The van der Waals surface area contributed by atoms with Gasteiger partial charge in [0.2, 0.25) is 0 Å². The largest absolute Gasteiger partial charge is 0.676 e. The second-order valence-electron chi connectivity index (χ2n) is 6.02. The van der Waals surface area contributed by atoms with Crippen molar-refractivity contribution in [2.75, 3.05) is 20.8 Å². The first-order valence-corrected chi connectivity index (χ1v) is 10.8. The molecule has 0 saturated carbocycles. The molecule has 1 N–H and O–H groups in total. The molecule has 5 heteroatoms. The van der Waals surface area contributed by atoms with Crippen molar-refractivity contribution in [3.05, 3.63) is 0 Å². The molecule has 0 spiro atoms. The molecular formula is C17H38O4Si. The second kappa shape index (κ2) is 15.9. The van der Waals surface area contributed by atoms with E-state index in [4.69, 9.17) is 13.3 Å². The van der Waals surface area contributed by atoms with Gasteiger partial charge >= 0.3 is 9.05 Å². The van der Waals surface area contributed by atoms with E-state index in [9.17, 15) is 4.80 Å². The van der Waals surface area contributed by atoms with Crippen LogP contribution in [0.3, 0.4) is 0 Å². The molecule has 134 valence electrons. The molecule has 0 heterocycles. The zero-order valence-corrected chi connectivity index (χ0v) is 16.1. The standard InChI is InChI=1S/C17H38O4Si/c1-4-5-6-7-8-9-10-11-12-13-14-15-16-17-21-22(18,19-2)20-3/h18H,4-17H2,1-3H3. The van der Waals surface area contributed by atoms with Crippen molar-refractivity contribution in [1.29, 1.82) is 0 Å². The fourth-order valence-electron chi connectivity index (χ4n) is 2.52. The van der Waals surface area contributed by atoms with Crippen molar-refractivity contribution in [2.24, 2.45) is 0 Å². The summed E-state index contributed by atoms with van der Waals surface area (Å²) in [6.45, 7) is 2.78. The quantitative estimate of drug-likeness (QED) is 0.306. The maximum absolute atomic E-state index is 9.69. The minimum atomic E-state index is -3.30. The van der Waals surface area contributed by atoms with E-state index in [1.54, 1.807) is 0 Å². The summed E-state index contributed by atoms with van der Waals surface area (Å²) in [4.78, 5) is 9.69. The van der Waals surface area contributed by atoms with Gasteiger partial charge < -0.3 is 18.1 Å². The Morgan fingerprint density at radius 1 is 0.636 bits per heavy atom. The SMILES string of the molecule is CCCCCCCCCCCCCCCO[Si](O)(OC)OC. The predicted molar refractivity (Wildman–Crippen MR) is 93.6 cm³/mol. The van der Waals surface area contributed by atoms with Gasteiger partial charge in [-0.25, -0.2) is 0 Å². The van der Waals surface area contributed by atoms with E-state index in [1.165, 1.54) is 84.8 Å². The van der Waals surface area contributed by atoms with Crippen LogP contribution in [0, 0.1) is 0 Å². The van der Waals surface area contributed by atoms with Crippen LogP contribution < -0.4 is 0 Å². The fraction of sp³-hybridized carbons (Fsp3) is 1.00. The Bertz CT molecular complexity index is 223. The number of unbranched alkanes of at least 4 members (excludes halogenated alkanes) is 12. The van der Waals surface area contributed by atoms with E-state index >= 15 is 0 Å². The van der Waals surface area contributed by atoms with E-state index in [2.05, 4.69) is 6.92 Å². The van der Waals surface area contributed by atoms with Crippen LogP contribution in [0.4, 0.5) is 0 Å². The molecule has 0 saturated heterocycles. The monoisotopic (exact) mass is 334 g/mol. The Balaban J connectivity index is 3.14. The van der Waals surface area contributed by atoms with Gasteiger partial charge in [0.25, 0.3) is 0 Å². The molecule has 0 fully saturated rings. The van der Waals surface area contributed by atoms with Crippen LogP contribution >= 0.6 is 0 Å². The topological polar surface area (TPSA) is 47.9 Å². The van der Waals surface area contributed by atoms with Gasteiger partial charge in [0.05, 0.1) is 0 Å². The number of hydrogen-bond donors (Lipinski definition) is 1. The first kappa shape index (κ1) is 22.1. The lowest BCUT2D eigenvalue weighted by molar-refractivity contribution is 0.0222. The maximum Gasteiger partial charge on any atom is 0.676 e. The van der Waals surface area contributed by atoms with Gasteiger partial charge in [0.1, 0.15) is 0 Å². The minimum Gasteiger partial charge on any atom is -0.367 e. The summed E-state index contributed by atoms with van der Waals surface area (Å²) in [5, 5.41) is 0. The molecule has 0 aliphatic carbocycles. The zero-order chi connectivity index (χ0) is 16.5. The van der Waals surface area contributed by atoms with Crippen molar-refractivity contribution in [1.82, 2.24) is 0 Å². The van der Waals surface area contributed by atoms with Gasteiger partial charge in [0, 0.05) is 20.8 Å². The average Bonchev–Trinajstić information content (AvgIpc) is 2.55. The molecule has 0 atom stereocenters. The molecule has 0 aliphatic heterocycles. The van der Waals surface area contributed by atoms with E-state index in [1.807, 2.05) is 0 Å². The highest BCUT2D eigenvalue weighted by molar-refractivity contribution is 6.51. The molecular weight excluding hydrogens is 296 g/mol. The summed E-state index contributed by atoms with van der Waals surface area (Å²) in [6.07, 6.45) is 17.2. The number of hydrogen-bond acceptors (Lipinski definition) is 4. The third-order valence-electron chi connectivity index (χ3n) is 4.05. The lowest BCUT2D eigenvalue weighted by Crippen LogP contribution is -2.44. The smallest absolute Gasteiger partial charge is 0.367 e. The van der Waals surface area contributed by atoms with Gasteiger partial charge in [-0.1, -0.05) is 84.0 Å². The predicted octanol–water partition coefficient (Wildman–Crippen LogP) is 4.81. The van der Waals surface area contributed by atoms with Crippen LogP contribution in [0.15, 0.2) is 0 Å². The van der Waals surface area contributed by atoms with Crippen molar-refractivity contribution in [3.8, 4) is 0 Å². The molecule has 0 bridgehead atoms. The van der Waals surface area contributed by atoms with Crippen LogP contribution in [0.1, 0.15) is 90.4 Å². The zero-order valence-electron chi connectivity index (χ0n) is 15.1. The second-order valence-corrected chi connectivity index (χ2v) is 8.18. The molecule has 0 aromatic heterocycles. The van der Waals surface area contributed by atoms with E-state index in [0.717, 1.165) is 12.8 Å². The summed E-state index contributed by atoms with van der Waals surface area (Å²) in [7, 11) is -0.468. The van der Waals surface area contributed by atoms with Gasteiger partial charge in [-0.2, -0.15) is 0 Å². The normalized spacial score (nSPS) is 12.0. The van der Waals surface area contributed by atoms with E-state index < -0.39 is 9.05 Å². The average molecular weight is 335 g/mol. The third-order valence-corrected chi connectivity index (χ3v) is 5.65. The van der Waals surface area contributed by atoms with Crippen molar-refractivity contribution in [2.45, 2.75) is 90.4 Å². The Kier molecular flexibility index (Phi) is 16.0. The van der Waals surface area contributed by atoms with Gasteiger partial charge in [-0.05, 0) is 6.42 Å². The van der Waals surface area contributed by atoms with Crippen LogP contribution in [-0.2, 0) is 13.3 Å². The molecule has 0 aromatic rings. The lowest BCUT2D eigenvalue weighted by Gasteiger charge is -2.18. The summed E-state index contributed by atoms with van der Waals surface area (Å²) >= 11 is 0. The van der Waals surface area contributed by atoms with Gasteiger partial charge in [-0.15, -0.1) is 0 Å². The third kappa shape index (κ3) is 13.7. The minimum absolute atomic E-state index is 0.516. The summed E-state index contributed by atoms with van der Waals surface area (Å²) in [5.74, 6) is 0. The van der Waals surface area contributed by atoms with E-state index in [0.29, 0.717) is 6.61 Å². The molecule has 0 rings (SSSR count). The summed E-state index contributed by atoms with van der Waals surface area (Å²) in [5.41, 5.74) is 0. The van der Waals surface area contributed by atoms with Crippen LogP contribution in [0.25, 0.3) is 0 Å². The highest BCUT2D eigenvalue weighted by Gasteiger charge is 2.38. The Morgan fingerprint density at radius 3 is 1.36 bits per heavy atom.